The van der Waals surface area contributed by atoms with Crippen molar-refractivity contribution in [1.29, 1.82) is 0 Å². The van der Waals surface area contributed by atoms with Gasteiger partial charge in [0.25, 0.3) is 5.91 Å². The van der Waals surface area contributed by atoms with E-state index in [1.54, 1.807) is 48.8 Å². The molecule has 0 aliphatic rings. The summed E-state index contributed by atoms with van der Waals surface area (Å²) < 4.78 is 5.20. The summed E-state index contributed by atoms with van der Waals surface area (Å²) >= 11 is 0. The Hall–Kier alpha value is -3.48. The fraction of sp³-hybridized carbons (Fsp3) is 0.158. The van der Waals surface area contributed by atoms with Crippen molar-refractivity contribution in [3.8, 4) is 11.3 Å². The molecule has 1 aromatic carbocycles. The minimum atomic E-state index is -0.406. The van der Waals surface area contributed by atoms with E-state index in [2.05, 4.69) is 20.8 Å². The quantitative estimate of drug-likeness (QED) is 0.733. The zero-order chi connectivity index (χ0) is 18.5. The molecular formula is C19H18N4O3. The molecule has 0 saturated carbocycles. The van der Waals surface area contributed by atoms with Crippen molar-refractivity contribution < 1.29 is 14.1 Å². The zero-order valence-electron chi connectivity index (χ0n) is 14.4. The van der Waals surface area contributed by atoms with Gasteiger partial charge in [-0.1, -0.05) is 25.1 Å². The van der Waals surface area contributed by atoms with Gasteiger partial charge in [-0.3, -0.25) is 14.6 Å². The van der Waals surface area contributed by atoms with E-state index in [0.717, 1.165) is 5.56 Å². The van der Waals surface area contributed by atoms with Gasteiger partial charge in [0, 0.05) is 41.3 Å². The Labute approximate surface area is 150 Å². The van der Waals surface area contributed by atoms with Crippen LogP contribution in [0, 0.1) is 5.92 Å². The van der Waals surface area contributed by atoms with E-state index in [1.165, 1.54) is 0 Å². The highest BCUT2D eigenvalue weighted by Crippen LogP contribution is 2.20. The van der Waals surface area contributed by atoms with Crippen molar-refractivity contribution >= 4 is 23.2 Å². The van der Waals surface area contributed by atoms with Gasteiger partial charge in [-0.25, -0.2) is 0 Å². The minimum Gasteiger partial charge on any atom is -0.355 e. The van der Waals surface area contributed by atoms with E-state index < -0.39 is 5.91 Å². The Balaban J connectivity index is 1.70. The number of nitrogens with zero attached hydrogens (tertiary/aromatic N) is 2. The predicted octanol–water partition coefficient (Wildman–Crippen LogP) is 3.58. The first-order valence-electron chi connectivity index (χ1n) is 8.12. The van der Waals surface area contributed by atoms with Gasteiger partial charge in [-0.15, -0.1) is 0 Å². The van der Waals surface area contributed by atoms with Crippen LogP contribution in [0.5, 0.6) is 0 Å². The highest BCUT2D eigenvalue weighted by Gasteiger charge is 2.14. The summed E-state index contributed by atoms with van der Waals surface area (Å²) in [6, 6.07) is 12.1. The number of hydrogen-bond acceptors (Lipinski definition) is 5. The highest BCUT2D eigenvalue weighted by molar-refractivity contribution is 6.03. The molecule has 0 atom stereocenters. The molecule has 2 N–H and O–H groups in total. The number of aromatic nitrogens is 2. The number of anilines is 2. The van der Waals surface area contributed by atoms with Crippen molar-refractivity contribution in [3.05, 3.63) is 60.6 Å². The van der Waals surface area contributed by atoms with Crippen molar-refractivity contribution in [1.82, 2.24) is 10.1 Å². The summed E-state index contributed by atoms with van der Waals surface area (Å²) in [5, 5.41) is 9.32. The van der Waals surface area contributed by atoms with Gasteiger partial charge in [0.15, 0.2) is 11.5 Å². The van der Waals surface area contributed by atoms with Crippen LogP contribution in [0.2, 0.25) is 0 Å². The molecule has 2 aromatic heterocycles. The van der Waals surface area contributed by atoms with E-state index in [-0.39, 0.29) is 17.5 Å². The lowest BCUT2D eigenvalue weighted by Gasteiger charge is -2.09. The van der Waals surface area contributed by atoms with Crippen molar-refractivity contribution in [3.63, 3.8) is 0 Å². The molecule has 0 fully saturated rings. The van der Waals surface area contributed by atoms with Gasteiger partial charge in [0.05, 0.1) is 0 Å². The molecule has 2 heterocycles. The van der Waals surface area contributed by atoms with Crippen molar-refractivity contribution in [2.45, 2.75) is 13.8 Å². The fourth-order valence-electron chi connectivity index (χ4n) is 2.18. The molecular weight excluding hydrogens is 332 g/mol. The van der Waals surface area contributed by atoms with E-state index in [4.69, 9.17) is 4.52 Å². The van der Waals surface area contributed by atoms with Crippen LogP contribution in [0.1, 0.15) is 24.3 Å². The Kier molecular flexibility index (Phi) is 5.07. The molecule has 3 rings (SSSR count). The third-order valence-corrected chi connectivity index (χ3v) is 3.60. The summed E-state index contributed by atoms with van der Waals surface area (Å²) in [4.78, 5) is 28.1. The van der Waals surface area contributed by atoms with E-state index >= 15 is 0 Å². The van der Waals surface area contributed by atoms with Crippen LogP contribution in [0.4, 0.5) is 11.4 Å². The summed E-state index contributed by atoms with van der Waals surface area (Å²) in [5.41, 5.74) is 2.04. The molecule has 0 aliphatic carbocycles. The Morgan fingerprint density at radius 2 is 1.81 bits per heavy atom. The van der Waals surface area contributed by atoms with Crippen LogP contribution >= 0.6 is 0 Å². The predicted molar refractivity (Wildman–Crippen MR) is 97.6 cm³/mol. The number of benzene rings is 1. The molecule has 0 bridgehead atoms. The average molecular weight is 350 g/mol. The van der Waals surface area contributed by atoms with Gasteiger partial charge in [0.2, 0.25) is 5.91 Å². The number of rotatable bonds is 5. The highest BCUT2D eigenvalue weighted by atomic mass is 16.5. The van der Waals surface area contributed by atoms with Gasteiger partial charge in [-0.2, -0.15) is 0 Å². The van der Waals surface area contributed by atoms with Crippen LogP contribution in [-0.2, 0) is 4.79 Å². The normalized spacial score (nSPS) is 10.6. The number of carbonyl (C=O) groups is 2. The molecule has 0 unspecified atom stereocenters. The van der Waals surface area contributed by atoms with Crippen LogP contribution in [0.15, 0.2) is 59.4 Å². The molecule has 0 aliphatic heterocycles. The first-order valence-corrected chi connectivity index (χ1v) is 8.12. The maximum Gasteiger partial charge on any atom is 0.277 e. The fourth-order valence-corrected chi connectivity index (χ4v) is 2.18. The second-order valence-corrected chi connectivity index (χ2v) is 6.00. The maximum absolute atomic E-state index is 12.4. The summed E-state index contributed by atoms with van der Waals surface area (Å²) in [7, 11) is 0. The average Bonchev–Trinajstić information content (AvgIpc) is 3.13. The molecule has 0 spiro atoms. The summed E-state index contributed by atoms with van der Waals surface area (Å²) in [6.45, 7) is 3.62. The smallest absolute Gasteiger partial charge is 0.277 e. The second-order valence-electron chi connectivity index (χ2n) is 6.00. The minimum absolute atomic E-state index is 0.0916. The van der Waals surface area contributed by atoms with Crippen molar-refractivity contribution in [2.75, 3.05) is 10.6 Å². The SMILES string of the molecule is CC(C)C(=O)Nc1cccc(NC(=O)c2cc(-c3cccnc3)on2)c1. The zero-order valence-corrected chi connectivity index (χ0v) is 14.4. The Morgan fingerprint density at radius 3 is 2.50 bits per heavy atom. The van der Waals surface area contributed by atoms with Crippen LogP contribution in [0.25, 0.3) is 11.3 Å². The Bertz CT molecular complexity index is 919. The lowest BCUT2D eigenvalue weighted by molar-refractivity contribution is -0.118. The summed E-state index contributed by atoms with van der Waals surface area (Å²) in [6.07, 6.45) is 3.28. The van der Waals surface area contributed by atoms with Gasteiger partial charge >= 0.3 is 0 Å². The second kappa shape index (κ2) is 7.60. The van der Waals surface area contributed by atoms with Crippen LogP contribution in [-0.4, -0.2) is 22.0 Å². The number of hydrogen-bond donors (Lipinski definition) is 2. The number of pyridine rings is 1. The lowest BCUT2D eigenvalue weighted by Crippen LogP contribution is -2.18. The largest absolute Gasteiger partial charge is 0.355 e. The number of nitrogens with one attached hydrogen (secondary N) is 2. The standard InChI is InChI=1S/C19H18N4O3/c1-12(2)18(24)21-14-6-3-7-15(9-14)22-19(25)16-10-17(26-23-16)13-5-4-8-20-11-13/h3-12H,1-2H3,(H,21,24)(H,22,25). The molecule has 0 saturated heterocycles. The molecule has 26 heavy (non-hydrogen) atoms. The molecule has 2 amide bonds. The molecule has 0 radical (unpaired) electrons. The lowest BCUT2D eigenvalue weighted by atomic mass is 10.2. The van der Waals surface area contributed by atoms with E-state index in [1.807, 2.05) is 19.9 Å². The maximum atomic E-state index is 12.4. The molecule has 3 aromatic rings. The third-order valence-electron chi connectivity index (χ3n) is 3.60. The monoisotopic (exact) mass is 350 g/mol. The number of carbonyl (C=O) groups excluding carboxylic acids is 2. The van der Waals surface area contributed by atoms with Gasteiger partial charge < -0.3 is 15.2 Å². The first-order chi connectivity index (χ1) is 12.5. The topological polar surface area (TPSA) is 97.1 Å². The van der Waals surface area contributed by atoms with Crippen LogP contribution < -0.4 is 10.6 Å². The first kappa shape index (κ1) is 17.3. The van der Waals surface area contributed by atoms with E-state index in [0.29, 0.717) is 17.1 Å². The third kappa shape index (κ3) is 4.13. The molecule has 132 valence electrons. The number of amides is 2. The Morgan fingerprint density at radius 1 is 1.04 bits per heavy atom. The van der Waals surface area contributed by atoms with Crippen LogP contribution in [0.3, 0.4) is 0 Å². The summed E-state index contributed by atoms with van der Waals surface area (Å²) in [5.74, 6) is -0.169. The molecule has 7 nitrogen and oxygen atoms in total. The van der Waals surface area contributed by atoms with Gasteiger partial charge in [0.1, 0.15) is 0 Å². The van der Waals surface area contributed by atoms with Gasteiger partial charge in [-0.05, 0) is 30.3 Å². The molecule has 7 heteroatoms. The van der Waals surface area contributed by atoms with E-state index in [9.17, 15) is 9.59 Å². The van der Waals surface area contributed by atoms with Crippen molar-refractivity contribution in [2.24, 2.45) is 5.92 Å².